The average Bonchev–Trinajstić information content (AvgIpc) is 2.61. The molecular weight excluding hydrogens is 364 g/mol. The molecule has 0 atom stereocenters. The lowest BCUT2D eigenvalue weighted by Crippen LogP contribution is -2.49. The van der Waals surface area contributed by atoms with E-state index in [9.17, 15) is 14.4 Å². The normalized spacial score (nSPS) is 10.8. The van der Waals surface area contributed by atoms with Crippen LogP contribution < -0.4 is 20.1 Å². The number of nitrogens with one attached hydrogen (secondary N) is 2. The number of carbonyl (C=O) groups excluding carboxylic acids is 3. The Morgan fingerprint density at radius 1 is 0.964 bits per heavy atom. The van der Waals surface area contributed by atoms with Crippen molar-refractivity contribution in [1.29, 1.82) is 0 Å². The van der Waals surface area contributed by atoms with E-state index in [1.54, 1.807) is 26.8 Å². The van der Waals surface area contributed by atoms with Gasteiger partial charge in [-0.15, -0.1) is 0 Å². The molecule has 0 unspecified atom stereocenters. The Morgan fingerprint density at radius 3 is 2.14 bits per heavy atom. The van der Waals surface area contributed by atoms with Crippen LogP contribution in [0.3, 0.4) is 0 Å². The minimum absolute atomic E-state index is 0.224. The molecule has 8 heteroatoms. The van der Waals surface area contributed by atoms with Gasteiger partial charge in [-0.3, -0.25) is 10.1 Å². The van der Waals surface area contributed by atoms with E-state index < -0.39 is 30.1 Å². The molecule has 0 fully saturated rings. The van der Waals surface area contributed by atoms with E-state index in [0.29, 0.717) is 24.7 Å². The number of urea groups is 1. The molecule has 1 rings (SSSR count). The summed E-state index contributed by atoms with van der Waals surface area (Å²) in [7, 11) is 0. The fraction of sp³-hybridized carbons (Fsp3) is 0.550. The van der Waals surface area contributed by atoms with Gasteiger partial charge in [0, 0.05) is 5.54 Å². The molecule has 8 nitrogen and oxygen atoms in total. The first kappa shape index (κ1) is 23.3. The van der Waals surface area contributed by atoms with Crippen molar-refractivity contribution in [2.75, 3.05) is 19.8 Å². The van der Waals surface area contributed by atoms with Gasteiger partial charge in [0.1, 0.15) is 0 Å². The lowest BCUT2D eigenvalue weighted by atomic mass is 10.1. The first-order chi connectivity index (χ1) is 13.2. The lowest BCUT2D eigenvalue weighted by molar-refractivity contribution is -0.123. The number of imide groups is 1. The van der Waals surface area contributed by atoms with Gasteiger partial charge in [0.05, 0.1) is 18.8 Å². The van der Waals surface area contributed by atoms with Gasteiger partial charge in [-0.2, -0.15) is 0 Å². The van der Waals surface area contributed by atoms with Crippen LogP contribution in [0.5, 0.6) is 11.5 Å². The van der Waals surface area contributed by atoms with Gasteiger partial charge in [0.15, 0.2) is 18.1 Å². The molecule has 0 bridgehead atoms. The Hall–Kier alpha value is -2.77. The zero-order valence-corrected chi connectivity index (χ0v) is 17.2. The summed E-state index contributed by atoms with van der Waals surface area (Å²) in [4.78, 5) is 35.6. The van der Waals surface area contributed by atoms with Crippen molar-refractivity contribution >= 4 is 17.9 Å². The summed E-state index contributed by atoms with van der Waals surface area (Å²) in [5.41, 5.74) is -0.265. The molecule has 28 heavy (non-hydrogen) atoms. The number of hydrogen-bond acceptors (Lipinski definition) is 6. The fourth-order valence-electron chi connectivity index (χ4n) is 2.04. The van der Waals surface area contributed by atoms with Crippen LogP contribution in [-0.4, -0.2) is 43.3 Å². The third-order valence-electron chi connectivity index (χ3n) is 3.18. The highest BCUT2D eigenvalue weighted by atomic mass is 16.5. The van der Waals surface area contributed by atoms with Gasteiger partial charge in [0.25, 0.3) is 5.91 Å². The quantitative estimate of drug-likeness (QED) is 0.624. The number of rotatable bonds is 9. The Bertz CT molecular complexity index is 682. The third kappa shape index (κ3) is 8.75. The molecule has 0 spiro atoms. The summed E-state index contributed by atoms with van der Waals surface area (Å²) in [6.45, 7) is 9.74. The van der Waals surface area contributed by atoms with Crippen molar-refractivity contribution in [2.24, 2.45) is 0 Å². The van der Waals surface area contributed by atoms with Crippen molar-refractivity contribution in [2.45, 2.75) is 53.0 Å². The van der Waals surface area contributed by atoms with E-state index in [2.05, 4.69) is 10.6 Å². The predicted molar refractivity (Wildman–Crippen MR) is 105 cm³/mol. The standard InChI is InChI=1S/C20H30N2O6/c1-6-10-26-15-9-8-14(12-16(15)27-11-7-2)18(24)28-13-17(23)21-19(25)22-20(3,4)5/h8-9,12H,6-7,10-11,13H2,1-5H3,(H2,21,22,23,25). The molecule has 0 saturated carbocycles. The van der Waals surface area contributed by atoms with Crippen LogP contribution in [-0.2, 0) is 9.53 Å². The topological polar surface area (TPSA) is 103 Å². The molecule has 1 aromatic rings. The number of hydrogen-bond donors (Lipinski definition) is 2. The molecular formula is C20H30N2O6. The summed E-state index contributed by atoms with van der Waals surface area (Å²) >= 11 is 0. The van der Waals surface area contributed by atoms with Crippen LogP contribution in [0.4, 0.5) is 4.79 Å². The minimum atomic E-state index is -0.722. The maximum absolute atomic E-state index is 12.2. The predicted octanol–water partition coefficient (Wildman–Crippen LogP) is 3.05. The van der Waals surface area contributed by atoms with Crippen molar-refractivity contribution in [3.05, 3.63) is 23.8 Å². The molecule has 0 saturated heterocycles. The van der Waals surface area contributed by atoms with Crippen molar-refractivity contribution in [1.82, 2.24) is 10.6 Å². The zero-order valence-electron chi connectivity index (χ0n) is 17.2. The van der Waals surface area contributed by atoms with E-state index in [-0.39, 0.29) is 5.56 Å². The summed E-state index contributed by atoms with van der Waals surface area (Å²) in [6, 6.07) is 4.04. The second-order valence-electron chi connectivity index (χ2n) is 7.19. The van der Waals surface area contributed by atoms with E-state index in [1.807, 2.05) is 13.8 Å². The molecule has 0 radical (unpaired) electrons. The van der Waals surface area contributed by atoms with E-state index in [0.717, 1.165) is 12.8 Å². The van der Waals surface area contributed by atoms with Crippen LogP contribution in [0.25, 0.3) is 0 Å². The molecule has 0 heterocycles. The lowest BCUT2D eigenvalue weighted by Gasteiger charge is -2.20. The van der Waals surface area contributed by atoms with Crippen LogP contribution >= 0.6 is 0 Å². The molecule has 2 N–H and O–H groups in total. The van der Waals surface area contributed by atoms with Crippen molar-refractivity contribution in [3.63, 3.8) is 0 Å². The summed E-state index contributed by atoms with van der Waals surface area (Å²) in [5.74, 6) is -0.433. The molecule has 0 aliphatic carbocycles. The molecule has 1 aromatic carbocycles. The van der Waals surface area contributed by atoms with Crippen LogP contribution in [0.1, 0.15) is 57.8 Å². The Morgan fingerprint density at radius 2 is 1.57 bits per heavy atom. The average molecular weight is 394 g/mol. The van der Waals surface area contributed by atoms with Crippen LogP contribution in [0.15, 0.2) is 18.2 Å². The maximum Gasteiger partial charge on any atom is 0.338 e. The largest absolute Gasteiger partial charge is 0.490 e. The third-order valence-corrected chi connectivity index (χ3v) is 3.18. The molecule has 3 amide bonds. The highest BCUT2D eigenvalue weighted by Crippen LogP contribution is 2.29. The smallest absolute Gasteiger partial charge is 0.338 e. The molecule has 0 aromatic heterocycles. The zero-order chi connectivity index (χ0) is 21.2. The van der Waals surface area contributed by atoms with Gasteiger partial charge in [-0.25, -0.2) is 9.59 Å². The van der Waals surface area contributed by atoms with Gasteiger partial charge < -0.3 is 19.5 Å². The van der Waals surface area contributed by atoms with Gasteiger partial charge >= 0.3 is 12.0 Å². The Balaban J connectivity index is 2.67. The van der Waals surface area contributed by atoms with E-state index in [1.165, 1.54) is 12.1 Å². The van der Waals surface area contributed by atoms with E-state index >= 15 is 0 Å². The highest BCUT2D eigenvalue weighted by molar-refractivity contribution is 5.97. The fourth-order valence-corrected chi connectivity index (χ4v) is 2.04. The van der Waals surface area contributed by atoms with Crippen LogP contribution in [0.2, 0.25) is 0 Å². The first-order valence-corrected chi connectivity index (χ1v) is 9.35. The number of esters is 1. The minimum Gasteiger partial charge on any atom is -0.490 e. The molecule has 0 aliphatic heterocycles. The Labute approximate surface area is 165 Å². The SMILES string of the molecule is CCCOc1ccc(C(=O)OCC(=O)NC(=O)NC(C)(C)C)cc1OCCC. The monoisotopic (exact) mass is 394 g/mol. The number of benzene rings is 1. The van der Waals surface area contributed by atoms with Gasteiger partial charge in [-0.1, -0.05) is 13.8 Å². The van der Waals surface area contributed by atoms with Crippen molar-refractivity contribution < 1.29 is 28.6 Å². The van der Waals surface area contributed by atoms with E-state index in [4.69, 9.17) is 14.2 Å². The summed E-state index contributed by atoms with van der Waals surface area (Å²) in [6.07, 6.45) is 1.65. The first-order valence-electron chi connectivity index (χ1n) is 9.35. The summed E-state index contributed by atoms with van der Waals surface area (Å²) < 4.78 is 16.2. The number of carbonyl (C=O) groups is 3. The Kier molecular flexibility index (Phi) is 9.27. The molecule has 0 aliphatic rings. The van der Waals surface area contributed by atoms with Gasteiger partial charge in [0.2, 0.25) is 0 Å². The number of amides is 3. The second-order valence-corrected chi connectivity index (χ2v) is 7.19. The number of ether oxygens (including phenoxy) is 3. The van der Waals surface area contributed by atoms with Gasteiger partial charge in [-0.05, 0) is 51.8 Å². The molecule has 156 valence electrons. The maximum atomic E-state index is 12.2. The highest BCUT2D eigenvalue weighted by Gasteiger charge is 2.18. The van der Waals surface area contributed by atoms with Crippen molar-refractivity contribution in [3.8, 4) is 11.5 Å². The summed E-state index contributed by atoms with van der Waals surface area (Å²) in [5, 5.41) is 4.68. The second kappa shape index (κ2) is 11.2. The van der Waals surface area contributed by atoms with Crippen LogP contribution in [0, 0.1) is 0 Å².